The molecule has 1 aromatic rings. The van der Waals surface area contributed by atoms with Gasteiger partial charge in [-0.15, -0.1) is 0 Å². The zero-order valence-electron chi connectivity index (χ0n) is 9.75. The number of hydrogen-bond donors (Lipinski definition) is 0. The van der Waals surface area contributed by atoms with Crippen molar-refractivity contribution in [3.8, 4) is 6.07 Å². The van der Waals surface area contributed by atoms with E-state index >= 15 is 0 Å². The molecule has 0 aliphatic carbocycles. The molecule has 16 heavy (non-hydrogen) atoms. The quantitative estimate of drug-likeness (QED) is 0.671. The van der Waals surface area contributed by atoms with Crippen LogP contribution < -0.4 is 0 Å². The van der Waals surface area contributed by atoms with E-state index in [4.69, 9.17) is 0 Å². The molecule has 0 aliphatic rings. The topological polar surface area (TPSA) is 23.8 Å². The lowest BCUT2D eigenvalue weighted by Crippen LogP contribution is -1.97. The third-order valence-electron chi connectivity index (χ3n) is 2.78. The van der Waals surface area contributed by atoms with Gasteiger partial charge in [0.05, 0.1) is 12.0 Å². The third-order valence-corrected chi connectivity index (χ3v) is 3.50. The molecule has 0 N–H and O–H groups in total. The Hall–Kier alpha value is -0.810. The van der Waals surface area contributed by atoms with Crippen molar-refractivity contribution >= 4 is 15.9 Å². The molecule has 2 heteroatoms. The van der Waals surface area contributed by atoms with E-state index in [0.717, 1.165) is 22.9 Å². The molecule has 0 aromatic heterocycles. The largest absolute Gasteiger partial charge is 0.198 e. The Morgan fingerprint density at radius 1 is 1.25 bits per heavy atom. The van der Waals surface area contributed by atoms with Crippen LogP contribution in [0.2, 0.25) is 0 Å². The Kier molecular flexibility index (Phi) is 6.18. The van der Waals surface area contributed by atoms with Gasteiger partial charge in [-0.05, 0) is 18.1 Å². The Morgan fingerprint density at radius 3 is 2.62 bits per heavy atom. The van der Waals surface area contributed by atoms with Crippen molar-refractivity contribution < 1.29 is 0 Å². The predicted molar refractivity (Wildman–Crippen MR) is 71.3 cm³/mol. The molecule has 0 radical (unpaired) electrons. The van der Waals surface area contributed by atoms with E-state index in [1.165, 1.54) is 19.3 Å². The minimum absolute atomic E-state index is 0.0347. The fraction of sp³-hybridized carbons (Fsp3) is 0.500. The minimum atomic E-state index is 0.0347. The van der Waals surface area contributed by atoms with E-state index in [1.807, 2.05) is 24.3 Å². The highest BCUT2D eigenvalue weighted by Gasteiger charge is 2.12. The van der Waals surface area contributed by atoms with E-state index in [2.05, 4.69) is 28.9 Å². The van der Waals surface area contributed by atoms with Crippen LogP contribution in [0, 0.1) is 11.3 Å². The highest BCUT2D eigenvalue weighted by Crippen LogP contribution is 2.28. The molecule has 1 rings (SSSR count). The second kappa shape index (κ2) is 7.46. The van der Waals surface area contributed by atoms with Crippen LogP contribution in [0.3, 0.4) is 0 Å². The average molecular weight is 280 g/mol. The minimum Gasteiger partial charge on any atom is -0.198 e. The number of benzene rings is 1. The second-order valence-corrected chi connectivity index (χ2v) is 4.91. The summed E-state index contributed by atoms with van der Waals surface area (Å²) in [6, 6.07) is 10.4. The van der Waals surface area contributed by atoms with Gasteiger partial charge in [0.15, 0.2) is 0 Å². The van der Waals surface area contributed by atoms with Crippen molar-refractivity contribution in [2.24, 2.45) is 0 Å². The summed E-state index contributed by atoms with van der Waals surface area (Å²) >= 11 is 3.51. The average Bonchev–Trinajstić information content (AvgIpc) is 2.31. The van der Waals surface area contributed by atoms with Gasteiger partial charge in [-0.25, -0.2) is 0 Å². The van der Waals surface area contributed by atoms with Gasteiger partial charge in [-0.2, -0.15) is 5.26 Å². The number of rotatable bonds is 6. The molecule has 1 aromatic carbocycles. The van der Waals surface area contributed by atoms with Gasteiger partial charge in [0, 0.05) is 4.47 Å². The summed E-state index contributed by atoms with van der Waals surface area (Å²) in [5.74, 6) is 0.0347. The van der Waals surface area contributed by atoms with Crippen LogP contribution in [-0.4, -0.2) is 0 Å². The molecule has 0 saturated carbocycles. The summed E-state index contributed by atoms with van der Waals surface area (Å²) in [4.78, 5) is 0. The Labute approximate surface area is 107 Å². The zero-order valence-corrected chi connectivity index (χ0v) is 11.3. The normalized spacial score (nSPS) is 12.1. The fourth-order valence-corrected chi connectivity index (χ4v) is 2.38. The summed E-state index contributed by atoms with van der Waals surface area (Å²) in [5, 5.41) is 9.19. The van der Waals surface area contributed by atoms with E-state index in [9.17, 15) is 5.26 Å². The maximum absolute atomic E-state index is 9.19. The van der Waals surface area contributed by atoms with Crippen molar-refractivity contribution in [2.75, 3.05) is 0 Å². The van der Waals surface area contributed by atoms with Crippen LogP contribution in [0.1, 0.15) is 50.5 Å². The predicted octanol–water partition coefficient (Wildman–Crippen LogP) is 5.03. The molecule has 0 heterocycles. The van der Waals surface area contributed by atoms with Crippen molar-refractivity contribution in [3.05, 3.63) is 34.3 Å². The standard InChI is InChI=1S/C14H18BrN/c1-2-3-4-5-8-12(11-16)13-9-6-7-10-14(13)15/h6-7,9-10,12H,2-5,8H2,1H3/t12-/m0/s1. The van der Waals surface area contributed by atoms with Gasteiger partial charge in [0.2, 0.25) is 0 Å². The molecular weight excluding hydrogens is 262 g/mol. The summed E-state index contributed by atoms with van der Waals surface area (Å²) in [6.45, 7) is 2.20. The first kappa shape index (κ1) is 13.3. The SMILES string of the molecule is CCCCCC[C@@H](C#N)c1ccccc1Br. The molecular formula is C14H18BrN. The fourth-order valence-electron chi connectivity index (χ4n) is 1.82. The first-order valence-electron chi connectivity index (χ1n) is 5.93. The second-order valence-electron chi connectivity index (χ2n) is 4.05. The van der Waals surface area contributed by atoms with Crippen molar-refractivity contribution in [1.29, 1.82) is 5.26 Å². The first-order chi connectivity index (χ1) is 7.79. The van der Waals surface area contributed by atoms with E-state index in [-0.39, 0.29) is 5.92 Å². The Morgan fingerprint density at radius 2 is 2.00 bits per heavy atom. The molecule has 0 spiro atoms. The summed E-state index contributed by atoms with van der Waals surface area (Å²) in [6.07, 6.45) is 5.87. The molecule has 1 nitrogen and oxygen atoms in total. The Bertz CT molecular complexity index is 354. The van der Waals surface area contributed by atoms with Gasteiger partial charge >= 0.3 is 0 Å². The lowest BCUT2D eigenvalue weighted by molar-refractivity contribution is 0.607. The number of nitrogens with zero attached hydrogens (tertiary/aromatic N) is 1. The maximum atomic E-state index is 9.19. The molecule has 0 amide bonds. The smallest absolute Gasteiger partial charge is 0.0723 e. The lowest BCUT2D eigenvalue weighted by Gasteiger charge is -2.10. The third kappa shape index (κ3) is 3.98. The molecule has 0 aliphatic heterocycles. The lowest BCUT2D eigenvalue weighted by atomic mass is 9.94. The van der Waals surface area contributed by atoms with Crippen molar-refractivity contribution in [3.63, 3.8) is 0 Å². The molecule has 86 valence electrons. The van der Waals surface area contributed by atoms with Gasteiger partial charge < -0.3 is 0 Å². The summed E-state index contributed by atoms with van der Waals surface area (Å²) in [7, 11) is 0. The van der Waals surface area contributed by atoms with Crippen molar-refractivity contribution in [1.82, 2.24) is 0 Å². The monoisotopic (exact) mass is 279 g/mol. The number of nitriles is 1. The zero-order chi connectivity index (χ0) is 11.8. The van der Waals surface area contributed by atoms with E-state index in [1.54, 1.807) is 0 Å². The summed E-state index contributed by atoms with van der Waals surface area (Å²) < 4.78 is 1.05. The van der Waals surface area contributed by atoms with Crippen LogP contribution in [-0.2, 0) is 0 Å². The number of halogens is 1. The molecule has 0 bridgehead atoms. The highest BCUT2D eigenvalue weighted by molar-refractivity contribution is 9.10. The van der Waals surface area contributed by atoms with Gasteiger partial charge in [-0.1, -0.05) is 66.7 Å². The number of hydrogen-bond acceptors (Lipinski definition) is 1. The molecule has 0 fully saturated rings. The highest BCUT2D eigenvalue weighted by atomic mass is 79.9. The molecule has 0 unspecified atom stereocenters. The number of unbranched alkanes of at least 4 members (excludes halogenated alkanes) is 3. The van der Waals surface area contributed by atoms with Crippen molar-refractivity contribution in [2.45, 2.75) is 44.9 Å². The van der Waals surface area contributed by atoms with Gasteiger partial charge in [0.25, 0.3) is 0 Å². The van der Waals surface area contributed by atoms with Crippen LogP contribution in [0.5, 0.6) is 0 Å². The summed E-state index contributed by atoms with van der Waals surface area (Å²) in [5.41, 5.74) is 1.13. The van der Waals surface area contributed by atoms with Gasteiger partial charge in [0.1, 0.15) is 0 Å². The molecule has 0 saturated heterocycles. The first-order valence-corrected chi connectivity index (χ1v) is 6.73. The molecule has 1 atom stereocenters. The van der Waals surface area contributed by atoms with Crippen LogP contribution >= 0.6 is 15.9 Å². The van der Waals surface area contributed by atoms with Crippen LogP contribution in [0.4, 0.5) is 0 Å². The van der Waals surface area contributed by atoms with E-state index < -0.39 is 0 Å². The van der Waals surface area contributed by atoms with E-state index in [0.29, 0.717) is 0 Å². The Balaban J connectivity index is 2.55. The van der Waals surface area contributed by atoms with Gasteiger partial charge in [-0.3, -0.25) is 0 Å². The van der Waals surface area contributed by atoms with Crippen LogP contribution in [0.15, 0.2) is 28.7 Å². The maximum Gasteiger partial charge on any atom is 0.0723 e. The van der Waals surface area contributed by atoms with Crippen LogP contribution in [0.25, 0.3) is 0 Å².